The van der Waals surface area contributed by atoms with E-state index in [-0.39, 0.29) is 11.7 Å². The molecule has 0 aliphatic carbocycles. The highest BCUT2D eigenvalue weighted by Crippen LogP contribution is 2.39. The van der Waals surface area contributed by atoms with Crippen molar-refractivity contribution in [2.45, 2.75) is 32.0 Å². The van der Waals surface area contributed by atoms with Gasteiger partial charge in [-0.2, -0.15) is 0 Å². The van der Waals surface area contributed by atoms with Gasteiger partial charge in [0, 0.05) is 30.3 Å². The molecule has 154 valence electrons. The molecule has 4 aromatic rings. The zero-order chi connectivity index (χ0) is 21.1. The highest BCUT2D eigenvalue weighted by molar-refractivity contribution is 7.09. The molecule has 1 N–H and O–H groups in total. The lowest BCUT2D eigenvalue weighted by Crippen LogP contribution is -2.29. The van der Waals surface area contributed by atoms with E-state index in [0.717, 1.165) is 39.2 Å². The van der Waals surface area contributed by atoms with Crippen LogP contribution >= 0.6 is 11.3 Å². The normalized spacial score (nSPS) is 14.4. The summed E-state index contributed by atoms with van der Waals surface area (Å²) in [4.78, 5) is 18.8. The van der Waals surface area contributed by atoms with Gasteiger partial charge >= 0.3 is 0 Å². The lowest BCUT2D eigenvalue weighted by Gasteiger charge is -2.30. The Bertz CT molecular complexity index is 1200. The number of pyridine rings is 1. The topological polar surface area (TPSA) is 64.2 Å². The van der Waals surface area contributed by atoms with Gasteiger partial charge in [-0.1, -0.05) is 25.1 Å². The number of nitrogens with one attached hydrogen (secondary N) is 1. The summed E-state index contributed by atoms with van der Waals surface area (Å²) in [6.07, 6.45) is 2.41. The Morgan fingerprint density at radius 2 is 2.03 bits per heavy atom. The third kappa shape index (κ3) is 3.76. The number of methoxy groups -OCH3 is 1. The first-order valence-corrected chi connectivity index (χ1v) is 10.8. The molecular weight excluding hydrogens is 396 g/mol. The molecule has 6 heteroatoms. The molecule has 0 radical (unpaired) electrons. The largest absolute Gasteiger partial charge is 0.486 e. The van der Waals surface area contributed by atoms with E-state index in [4.69, 9.17) is 9.47 Å². The van der Waals surface area contributed by atoms with Crippen molar-refractivity contribution in [1.29, 1.82) is 0 Å². The Labute approximate surface area is 179 Å². The number of benzene rings is 2. The first-order chi connectivity index (χ1) is 14.6. The van der Waals surface area contributed by atoms with Gasteiger partial charge in [-0.15, -0.1) is 11.3 Å². The maximum atomic E-state index is 11.5. The summed E-state index contributed by atoms with van der Waals surface area (Å²) in [5.74, 6) is 0.771. The minimum absolute atomic E-state index is 0.103. The van der Waals surface area contributed by atoms with Crippen LogP contribution in [-0.4, -0.2) is 17.1 Å². The number of rotatable bonds is 7. The number of H-pyrrole nitrogens is 1. The number of aromatic amines is 1. The molecule has 0 spiro atoms. The molecule has 2 aromatic carbocycles. The van der Waals surface area contributed by atoms with E-state index in [1.165, 1.54) is 6.07 Å². The molecule has 30 heavy (non-hydrogen) atoms. The van der Waals surface area contributed by atoms with Crippen LogP contribution in [0.25, 0.3) is 10.9 Å². The lowest BCUT2D eigenvalue weighted by atomic mass is 9.91. The van der Waals surface area contributed by atoms with E-state index in [2.05, 4.69) is 23.0 Å². The monoisotopic (exact) mass is 420 g/mol. The van der Waals surface area contributed by atoms with Gasteiger partial charge in [0.2, 0.25) is 5.56 Å². The smallest absolute Gasteiger partial charge is 0.248 e. The minimum Gasteiger partial charge on any atom is -0.486 e. The van der Waals surface area contributed by atoms with Gasteiger partial charge in [0.05, 0.1) is 0 Å². The van der Waals surface area contributed by atoms with Crippen LogP contribution < -0.4 is 10.3 Å². The van der Waals surface area contributed by atoms with E-state index >= 15 is 0 Å². The highest BCUT2D eigenvalue weighted by Gasteiger charge is 2.35. The van der Waals surface area contributed by atoms with E-state index < -0.39 is 5.60 Å². The maximum Gasteiger partial charge on any atom is 0.248 e. The van der Waals surface area contributed by atoms with E-state index in [9.17, 15) is 4.79 Å². The Kier molecular flexibility index (Phi) is 5.70. The maximum absolute atomic E-state index is 11.5. The van der Waals surface area contributed by atoms with E-state index in [1.54, 1.807) is 24.6 Å². The fourth-order valence-electron chi connectivity index (χ4n) is 3.77. The fourth-order valence-corrected chi connectivity index (χ4v) is 4.68. The van der Waals surface area contributed by atoms with Crippen molar-refractivity contribution >= 4 is 22.2 Å². The molecule has 5 nitrogen and oxygen atoms in total. The van der Waals surface area contributed by atoms with Crippen molar-refractivity contribution < 1.29 is 9.47 Å². The van der Waals surface area contributed by atoms with E-state index in [0.29, 0.717) is 0 Å². The number of thiazole rings is 1. The Balaban J connectivity index is 1.63. The van der Waals surface area contributed by atoms with Crippen molar-refractivity contribution in [3.05, 3.63) is 92.7 Å². The van der Waals surface area contributed by atoms with Crippen LogP contribution in [-0.2, 0) is 10.3 Å². The first kappa shape index (κ1) is 20.3. The zero-order valence-corrected chi connectivity index (χ0v) is 18.0. The second kappa shape index (κ2) is 8.42. The van der Waals surface area contributed by atoms with Crippen LogP contribution in [0.3, 0.4) is 0 Å². The minimum atomic E-state index is -0.592. The number of ether oxygens (including phenoxy) is 2. The van der Waals surface area contributed by atoms with Crippen LogP contribution in [0.15, 0.2) is 71.0 Å². The van der Waals surface area contributed by atoms with Crippen LogP contribution in [0, 0.1) is 0 Å². The van der Waals surface area contributed by atoms with Crippen LogP contribution in [0.1, 0.15) is 42.5 Å². The summed E-state index contributed by atoms with van der Waals surface area (Å²) in [5.41, 5.74) is 2.17. The van der Waals surface area contributed by atoms with Crippen LogP contribution in [0.4, 0.5) is 0 Å². The van der Waals surface area contributed by atoms with Gasteiger partial charge in [0.1, 0.15) is 22.5 Å². The highest BCUT2D eigenvalue weighted by atomic mass is 32.1. The van der Waals surface area contributed by atoms with Crippen molar-refractivity contribution in [1.82, 2.24) is 9.97 Å². The van der Waals surface area contributed by atoms with Gasteiger partial charge in [-0.25, -0.2) is 4.98 Å². The zero-order valence-electron chi connectivity index (χ0n) is 17.2. The number of fused-ring (bicyclic) bond motifs is 1. The molecule has 0 bridgehead atoms. The standard InChI is InChI=1S/C24H24N2O3S/c1-4-24(28-3,23-25-12-13-30-23)19-6-5-7-20(15-19)29-16(2)17-8-10-21-18(14-17)9-11-22(27)26-21/h5-16H,4H2,1-3H3,(H,26,27). The van der Waals surface area contributed by atoms with Crippen LogP contribution in [0.2, 0.25) is 0 Å². The molecule has 2 atom stereocenters. The van der Waals surface area contributed by atoms with Crippen molar-refractivity contribution in [3.8, 4) is 5.75 Å². The van der Waals surface area contributed by atoms with Crippen molar-refractivity contribution in [2.75, 3.05) is 7.11 Å². The summed E-state index contributed by atoms with van der Waals surface area (Å²) in [5, 5.41) is 3.87. The molecule has 2 unspecified atom stereocenters. The van der Waals surface area contributed by atoms with E-state index in [1.807, 2.05) is 54.8 Å². The summed E-state index contributed by atoms with van der Waals surface area (Å²) in [6.45, 7) is 4.12. The molecule has 0 aliphatic rings. The summed E-state index contributed by atoms with van der Waals surface area (Å²) in [6, 6.07) is 17.3. The average molecular weight is 421 g/mol. The second-order valence-corrected chi connectivity index (χ2v) is 8.07. The SMILES string of the molecule is CCC(OC)(c1cccc(OC(C)c2ccc3[nH]c(=O)ccc3c2)c1)c1nccs1. The third-order valence-corrected chi connectivity index (χ3v) is 6.37. The number of nitrogens with zero attached hydrogens (tertiary/aromatic N) is 1. The summed E-state index contributed by atoms with van der Waals surface area (Å²) >= 11 is 1.59. The molecule has 4 rings (SSSR count). The van der Waals surface area contributed by atoms with Gasteiger partial charge < -0.3 is 14.5 Å². The molecule has 2 heterocycles. The molecule has 0 aliphatic heterocycles. The molecular formula is C24H24N2O3S. The Morgan fingerprint density at radius 3 is 2.77 bits per heavy atom. The lowest BCUT2D eigenvalue weighted by molar-refractivity contribution is 0.0181. The first-order valence-electron chi connectivity index (χ1n) is 9.91. The molecule has 2 aromatic heterocycles. The van der Waals surface area contributed by atoms with Crippen molar-refractivity contribution in [3.63, 3.8) is 0 Å². The predicted octanol–water partition coefficient (Wildman–Crippen LogP) is 5.42. The number of hydrogen-bond acceptors (Lipinski definition) is 5. The van der Waals surface area contributed by atoms with Crippen molar-refractivity contribution in [2.24, 2.45) is 0 Å². The average Bonchev–Trinajstić information content (AvgIpc) is 3.30. The predicted molar refractivity (Wildman–Crippen MR) is 120 cm³/mol. The van der Waals surface area contributed by atoms with Gasteiger partial charge in [0.25, 0.3) is 0 Å². The second-order valence-electron chi connectivity index (χ2n) is 7.18. The molecule has 0 amide bonds. The molecule has 0 fully saturated rings. The fraction of sp³-hybridized carbons (Fsp3) is 0.250. The number of aromatic nitrogens is 2. The van der Waals surface area contributed by atoms with Gasteiger partial charge in [0.15, 0.2) is 0 Å². The third-order valence-electron chi connectivity index (χ3n) is 5.45. The summed E-state index contributed by atoms with van der Waals surface area (Å²) in [7, 11) is 1.72. The Morgan fingerprint density at radius 1 is 1.17 bits per heavy atom. The van der Waals surface area contributed by atoms with Gasteiger partial charge in [-0.05, 0) is 60.2 Å². The number of hydrogen-bond donors (Lipinski definition) is 1. The van der Waals surface area contributed by atoms with Gasteiger partial charge in [-0.3, -0.25) is 4.79 Å². The molecule has 0 saturated heterocycles. The molecule has 0 saturated carbocycles. The quantitative estimate of drug-likeness (QED) is 0.433. The Hall–Kier alpha value is -2.96. The van der Waals surface area contributed by atoms with Crippen LogP contribution in [0.5, 0.6) is 5.75 Å². The summed E-state index contributed by atoms with van der Waals surface area (Å²) < 4.78 is 12.3.